The molecule has 0 fully saturated rings. The van der Waals surface area contributed by atoms with E-state index in [0.29, 0.717) is 5.56 Å². The van der Waals surface area contributed by atoms with Crippen molar-refractivity contribution < 1.29 is 9.52 Å². The van der Waals surface area contributed by atoms with Crippen LogP contribution in [0.4, 0.5) is 0 Å². The van der Waals surface area contributed by atoms with Crippen molar-refractivity contribution in [2.75, 3.05) is 0 Å². The van der Waals surface area contributed by atoms with Crippen molar-refractivity contribution in [1.29, 1.82) is 0 Å². The van der Waals surface area contributed by atoms with Gasteiger partial charge in [-0.25, -0.2) is 4.79 Å². The summed E-state index contributed by atoms with van der Waals surface area (Å²) in [4.78, 5) is 16.1. The van der Waals surface area contributed by atoms with Crippen molar-refractivity contribution in [2.24, 2.45) is 0 Å². The second kappa shape index (κ2) is 5.63. The maximum absolute atomic E-state index is 12.1. The van der Waals surface area contributed by atoms with Crippen LogP contribution in [0.3, 0.4) is 0 Å². The Bertz CT molecular complexity index is 795. The number of hydrogen-bond acceptors (Lipinski definition) is 4. The number of aromatic hydroxyl groups is 1. The molecule has 104 valence electrons. The summed E-state index contributed by atoms with van der Waals surface area (Å²) in [6, 6.07) is 18.4. The Labute approximate surface area is 121 Å². The first-order valence-corrected chi connectivity index (χ1v) is 6.56. The van der Waals surface area contributed by atoms with Gasteiger partial charge in [0.05, 0.1) is 0 Å². The van der Waals surface area contributed by atoms with Crippen LogP contribution in [0.25, 0.3) is 11.5 Å². The monoisotopic (exact) mass is 279 g/mol. The predicted octanol–water partition coefficient (Wildman–Crippen LogP) is 3.00. The number of aromatic nitrogens is 1. The minimum Gasteiger partial charge on any atom is -0.493 e. The van der Waals surface area contributed by atoms with Gasteiger partial charge in [-0.15, -0.1) is 0 Å². The van der Waals surface area contributed by atoms with Gasteiger partial charge in [-0.05, 0) is 17.7 Å². The Morgan fingerprint density at radius 1 is 0.952 bits per heavy atom. The van der Waals surface area contributed by atoms with Crippen molar-refractivity contribution in [3.63, 3.8) is 0 Å². The van der Waals surface area contributed by atoms with Gasteiger partial charge >= 0.3 is 5.63 Å². The Hall–Kier alpha value is -2.88. The first-order valence-electron chi connectivity index (χ1n) is 6.56. The summed E-state index contributed by atoms with van der Waals surface area (Å²) < 4.78 is 5.22. The molecule has 21 heavy (non-hydrogen) atoms. The lowest BCUT2D eigenvalue weighted by molar-refractivity contribution is 0.412. The van der Waals surface area contributed by atoms with Gasteiger partial charge in [0.15, 0.2) is 0 Å². The van der Waals surface area contributed by atoms with E-state index in [1.54, 1.807) is 12.1 Å². The van der Waals surface area contributed by atoms with E-state index in [-0.39, 0.29) is 23.8 Å². The van der Waals surface area contributed by atoms with E-state index in [1.165, 1.54) is 0 Å². The number of hydrogen-bond donors (Lipinski definition) is 1. The first kappa shape index (κ1) is 13.1. The van der Waals surface area contributed by atoms with Crippen molar-refractivity contribution >= 4 is 0 Å². The van der Waals surface area contributed by atoms with Gasteiger partial charge in [-0.1, -0.05) is 48.5 Å². The molecule has 1 aromatic heterocycles. The second-order valence-electron chi connectivity index (χ2n) is 4.64. The van der Waals surface area contributed by atoms with Crippen LogP contribution >= 0.6 is 0 Å². The van der Waals surface area contributed by atoms with Gasteiger partial charge in [0.2, 0.25) is 11.8 Å². The normalized spacial score (nSPS) is 10.5. The Morgan fingerprint density at radius 2 is 1.57 bits per heavy atom. The average molecular weight is 279 g/mol. The number of nitrogens with zero attached hydrogens (tertiary/aromatic N) is 1. The lowest BCUT2D eigenvalue weighted by Crippen LogP contribution is -2.10. The molecular weight excluding hydrogens is 266 g/mol. The fourth-order valence-corrected chi connectivity index (χ4v) is 2.08. The molecule has 4 nitrogen and oxygen atoms in total. The second-order valence-corrected chi connectivity index (χ2v) is 4.64. The van der Waals surface area contributed by atoms with Crippen LogP contribution < -0.4 is 5.63 Å². The van der Waals surface area contributed by atoms with Crippen LogP contribution in [0.5, 0.6) is 5.88 Å². The standard InChI is InChI=1S/C17H13NO3/c19-15-14(11-12-7-3-1-4-8-12)17(20)21-16(18-15)13-9-5-2-6-10-13/h1-10,19H,11H2. The van der Waals surface area contributed by atoms with E-state index in [1.807, 2.05) is 48.5 Å². The van der Waals surface area contributed by atoms with Crippen LogP contribution in [0.2, 0.25) is 0 Å². The maximum atomic E-state index is 12.1. The molecule has 0 saturated heterocycles. The lowest BCUT2D eigenvalue weighted by atomic mass is 10.1. The minimum absolute atomic E-state index is 0.120. The van der Waals surface area contributed by atoms with Crippen LogP contribution in [-0.4, -0.2) is 10.1 Å². The van der Waals surface area contributed by atoms with E-state index in [0.717, 1.165) is 5.56 Å². The molecule has 0 atom stereocenters. The summed E-state index contributed by atoms with van der Waals surface area (Å²) in [5, 5.41) is 10.0. The topological polar surface area (TPSA) is 63.3 Å². The zero-order valence-electron chi connectivity index (χ0n) is 11.2. The Morgan fingerprint density at radius 3 is 2.19 bits per heavy atom. The molecule has 0 unspecified atom stereocenters. The molecule has 0 aliphatic heterocycles. The van der Waals surface area contributed by atoms with E-state index in [9.17, 15) is 9.90 Å². The van der Waals surface area contributed by atoms with Crippen LogP contribution in [0, 0.1) is 0 Å². The van der Waals surface area contributed by atoms with Gasteiger partial charge in [0.1, 0.15) is 5.56 Å². The zero-order valence-corrected chi connectivity index (χ0v) is 11.2. The SMILES string of the molecule is O=c1oc(-c2ccccc2)nc(O)c1Cc1ccccc1. The van der Waals surface area contributed by atoms with Crippen LogP contribution in [0.15, 0.2) is 69.9 Å². The molecule has 1 heterocycles. The molecule has 0 saturated carbocycles. The molecule has 0 radical (unpaired) electrons. The molecule has 0 aliphatic rings. The maximum Gasteiger partial charge on any atom is 0.346 e. The molecule has 3 rings (SSSR count). The minimum atomic E-state index is -0.565. The third-order valence-corrected chi connectivity index (χ3v) is 3.16. The van der Waals surface area contributed by atoms with Gasteiger partial charge in [-0.3, -0.25) is 0 Å². The third-order valence-electron chi connectivity index (χ3n) is 3.16. The third kappa shape index (κ3) is 2.84. The number of rotatable bonds is 3. The van der Waals surface area contributed by atoms with Crippen LogP contribution in [0.1, 0.15) is 11.1 Å². The van der Waals surface area contributed by atoms with Crippen molar-refractivity contribution in [1.82, 2.24) is 4.98 Å². The molecule has 0 amide bonds. The smallest absolute Gasteiger partial charge is 0.346 e. The summed E-state index contributed by atoms with van der Waals surface area (Å²) in [5.74, 6) is -0.163. The van der Waals surface area contributed by atoms with Crippen molar-refractivity contribution in [3.8, 4) is 17.3 Å². The van der Waals surface area contributed by atoms with Gasteiger partial charge < -0.3 is 9.52 Å². The van der Waals surface area contributed by atoms with Gasteiger partial charge in [0, 0.05) is 12.0 Å². The summed E-state index contributed by atoms with van der Waals surface area (Å²) in [6.07, 6.45) is 0.289. The fourth-order valence-electron chi connectivity index (χ4n) is 2.08. The molecule has 2 aromatic carbocycles. The van der Waals surface area contributed by atoms with Crippen molar-refractivity contribution in [2.45, 2.75) is 6.42 Å². The van der Waals surface area contributed by atoms with Crippen LogP contribution in [-0.2, 0) is 6.42 Å². The first-order chi connectivity index (χ1) is 10.2. The summed E-state index contributed by atoms with van der Waals surface area (Å²) >= 11 is 0. The fraction of sp³-hybridized carbons (Fsp3) is 0.0588. The zero-order chi connectivity index (χ0) is 14.7. The van der Waals surface area contributed by atoms with Crippen molar-refractivity contribution in [3.05, 3.63) is 82.2 Å². The molecule has 0 aliphatic carbocycles. The Balaban J connectivity index is 1.99. The number of benzene rings is 2. The molecule has 3 aromatic rings. The largest absolute Gasteiger partial charge is 0.493 e. The molecule has 1 N–H and O–H groups in total. The summed E-state index contributed by atoms with van der Waals surface area (Å²) in [6.45, 7) is 0. The van der Waals surface area contributed by atoms with Gasteiger partial charge in [0.25, 0.3) is 0 Å². The Kier molecular flexibility index (Phi) is 3.51. The highest BCUT2D eigenvalue weighted by Crippen LogP contribution is 2.21. The highest BCUT2D eigenvalue weighted by molar-refractivity contribution is 5.53. The quantitative estimate of drug-likeness (QED) is 0.800. The van der Waals surface area contributed by atoms with E-state index < -0.39 is 5.63 Å². The van der Waals surface area contributed by atoms with Gasteiger partial charge in [-0.2, -0.15) is 4.98 Å². The molecule has 4 heteroatoms. The summed E-state index contributed by atoms with van der Waals surface area (Å²) in [7, 11) is 0. The molecule has 0 spiro atoms. The molecular formula is C17H13NO3. The highest BCUT2D eigenvalue weighted by Gasteiger charge is 2.14. The van der Waals surface area contributed by atoms with E-state index in [4.69, 9.17) is 4.42 Å². The lowest BCUT2D eigenvalue weighted by Gasteiger charge is -2.05. The predicted molar refractivity (Wildman–Crippen MR) is 79.1 cm³/mol. The van der Waals surface area contributed by atoms with E-state index >= 15 is 0 Å². The summed E-state index contributed by atoms with van der Waals surface area (Å²) in [5.41, 5.74) is 1.16. The van der Waals surface area contributed by atoms with E-state index in [2.05, 4.69) is 4.98 Å². The average Bonchev–Trinajstić information content (AvgIpc) is 2.52. The highest BCUT2D eigenvalue weighted by atomic mass is 16.4. The molecule has 0 bridgehead atoms.